The molecule has 3 rings (SSSR count). The Morgan fingerprint density at radius 3 is 2.58 bits per heavy atom. The van der Waals surface area contributed by atoms with Crippen LogP contribution in [0.25, 0.3) is 0 Å². The Labute approximate surface area is 153 Å². The predicted octanol–water partition coefficient (Wildman–Crippen LogP) is 1.36. The summed E-state index contributed by atoms with van der Waals surface area (Å²) in [6, 6.07) is 6.49. The summed E-state index contributed by atoms with van der Waals surface area (Å²) in [6.07, 6.45) is 0.950. The fraction of sp³-hybridized carbons (Fsp3) is 0.579. The number of para-hydroxylation sites is 1. The normalized spacial score (nSPS) is 24.1. The lowest BCUT2D eigenvalue weighted by atomic mass is 9.88. The molecule has 0 aromatic heterocycles. The highest BCUT2D eigenvalue weighted by Gasteiger charge is 2.40. The van der Waals surface area contributed by atoms with E-state index < -0.39 is 0 Å². The maximum atomic E-state index is 14.0. The number of amides is 2. The number of carbonyl (C=O) groups excluding carboxylic acids is 2. The molecule has 1 aromatic carbocycles. The van der Waals surface area contributed by atoms with Crippen molar-refractivity contribution in [3.8, 4) is 0 Å². The van der Waals surface area contributed by atoms with Crippen molar-refractivity contribution in [1.82, 2.24) is 9.80 Å². The average molecular weight is 363 g/mol. The number of rotatable bonds is 4. The Morgan fingerprint density at radius 1 is 1.23 bits per heavy atom. The van der Waals surface area contributed by atoms with Crippen molar-refractivity contribution in [2.45, 2.75) is 18.9 Å². The first-order valence-electron chi connectivity index (χ1n) is 9.05. The number of nitrogens with zero attached hydrogens (tertiary/aromatic N) is 3. The molecule has 7 heteroatoms. The van der Waals surface area contributed by atoms with Gasteiger partial charge in [-0.1, -0.05) is 12.1 Å². The molecule has 0 unspecified atom stereocenters. The largest absolute Gasteiger partial charge is 0.383 e. The number of anilines is 1. The zero-order valence-electron chi connectivity index (χ0n) is 15.4. The minimum Gasteiger partial charge on any atom is -0.383 e. The van der Waals surface area contributed by atoms with E-state index in [0.717, 1.165) is 0 Å². The van der Waals surface area contributed by atoms with Gasteiger partial charge in [0, 0.05) is 46.8 Å². The van der Waals surface area contributed by atoms with Gasteiger partial charge in [0.15, 0.2) is 0 Å². The van der Waals surface area contributed by atoms with E-state index in [2.05, 4.69) is 0 Å². The molecule has 142 valence electrons. The van der Waals surface area contributed by atoms with E-state index in [1.165, 1.54) is 6.07 Å². The van der Waals surface area contributed by atoms with Crippen LogP contribution in [0.3, 0.4) is 0 Å². The molecule has 2 atom stereocenters. The molecule has 2 amide bonds. The zero-order valence-corrected chi connectivity index (χ0v) is 15.4. The van der Waals surface area contributed by atoms with Gasteiger partial charge in [-0.2, -0.15) is 0 Å². The second-order valence-electron chi connectivity index (χ2n) is 6.94. The number of ether oxygens (including phenoxy) is 1. The van der Waals surface area contributed by atoms with Gasteiger partial charge >= 0.3 is 0 Å². The maximum absolute atomic E-state index is 14.0. The number of benzene rings is 1. The lowest BCUT2D eigenvalue weighted by Crippen LogP contribution is -2.57. The number of likely N-dealkylation sites (tertiary alicyclic amines) is 1. The van der Waals surface area contributed by atoms with Gasteiger partial charge in [0.2, 0.25) is 11.8 Å². The van der Waals surface area contributed by atoms with Crippen LogP contribution in [-0.2, 0) is 14.3 Å². The van der Waals surface area contributed by atoms with Gasteiger partial charge in [-0.05, 0) is 18.6 Å². The average Bonchev–Trinajstić information content (AvgIpc) is 2.66. The molecule has 2 aliphatic rings. The van der Waals surface area contributed by atoms with Crippen LogP contribution in [0.4, 0.5) is 10.1 Å². The molecule has 0 spiro atoms. The van der Waals surface area contributed by atoms with Crippen LogP contribution >= 0.6 is 0 Å². The summed E-state index contributed by atoms with van der Waals surface area (Å²) in [5.41, 5.74) is 0.583. The summed E-state index contributed by atoms with van der Waals surface area (Å²) in [7, 11) is 3.32. The molecule has 0 saturated carbocycles. The van der Waals surface area contributed by atoms with E-state index in [0.29, 0.717) is 51.3 Å². The van der Waals surface area contributed by atoms with Crippen LogP contribution in [0.1, 0.15) is 12.8 Å². The van der Waals surface area contributed by atoms with Crippen LogP contribution in [0.5, 0.6) is 0 Å². The molecular weight excluding hydrogens is 337 g/mol. The third kappa shape index (κ3) is 3.67. The summed E-state index contributed by atoms with van der Waals surface area (Å²) in [5, 5.41) is 0. The molecule has 2 saturated heterocycles. The van der Waals surface area contributed by atoms with E-state index in [-0.39, 0.29) is 29.6 Å². The van der Waals surface area contributed by atoms with Crippen molar-refractivity contribution in [3.05, 3.63) is 30.1 Å². The van der Waals surface area contributed by atoms with Crippen LogP contribution < -0.4 is 4.90 Å². The van der Waals surface area contributed by atoms with Crippen molar-refractivity contribution in [1.29, 1.82) is 0 Å². The van der Waals surface area contributed by atoms with Gasteiger partial charge in [0.1, 0.15) is 5.82 Å². The van der Waals surface area contributed by atoms with E-state index in [1.54, 1.807) is 31.2 Å². The Bertz CT molecular complexity index is 661. The highest BCUT2D eigenvalue weighted by atomic mass is 19.1. The van der Waals surface area contributed by atoms with Crippen LogP contribution in [0.15, 0.2) is 24.3 Å². The van der Waals surface area contributed by atoms with Crippen LogP contribution in [0, 0.1) is 11.7 Å². The van der Waals surface area contributed by atoms with Crippen molar-refractivity contribution < 1.29 is 18.7 Å². The smallest absolute Gasteiger partial charge is 0.227 e. The minimum absolute atomic E-state index is 0.0560. The second-order valence-corrected chi connectivity index (χ2v) is 6.94. The Hall–Kier alpha value is -2.15. The van der Waals surface area contributed by atoms with Crippen LogP contribution in [0.2, 0.25) is 0 Å². The molecule has 0 N–H and O–H groups in total. The number of hydrogen-bond donors (Lipinski definition) is 0. The minimum atomic E-state index is -0.238. The standard InChI is InChI=1S/C19H26FN3O3/c1-21-17(13-26-2)14(7-8-18(21)24)19(25)23-11-9-22(10-12-23)16-6-4-3-5-15(16)20/h3-6,14,17H,7-13H2,1-2H3/t14-,17-/m1/s1. The third-order valence-corrected chi connectivity index (χ3v) is 5.46. The number of carbonyl (C=O) groups is 2. The Morgan fingerprint density at radius 2 is 1.92 bits per heavy atom. The van der Waals surface area contributed by atoms with Gasteiger partial charge in [-0.25, -0.2) is 4.39 Å². The van der Waals surface area contributed by atoms with Gasteiger partial charge in [0.05, 0.1) is 24.3 Å². The lowest BCUT2D eigenvalue weighted by molar-refractivity contribution is -0.148. The van der Waals surface area contributed by atoms with Gasteiger partial charge in [-0.3, -0.25) is 9.59 Å². The van der Waals surface area contributed by atoms with Crippen molar-refractivity contribution in [2.24, 2.45) is 5.92 Å². The molecule has 26 heavy (non-hydrogen) atoms. The van der Waals surface area contributed by atoms with Crippen molar-refractivity contribution in [3.63, 3.8) is 0 Å². The third-order valence-electron chi connectivity index (χ3n) is 5.46. The van der Waals surface area contributed by atoms with E-state index in [9.17, 15) is 14.0 Å². The highest BCUT2D eigenvalue weighted by molar-refractivity contribution is 5.84. The summed E-state index contributed by atoms with van der Waals surface area (Å²) in [6.45, 7) is 2.67. The topological polar surface area (TPSA) is 53.1 Å². The summed E-state index contributed by atoms with van der Waals surface area (Å²) in [4.78, 5) is 30.5. The zero-order chi connectivity index (χ0) is 18.7. The fourth-order valence-electron chi connectivity index (χ4n) is 3.90. The lowest BCUT2D eigenvalue weighted by Gasteiger charge is -2.42. The first-order chi connectivity index (χ1) is 12.5. The number of likely N-dealkylation sites (N-methyl/N-ethyl adjacent to an activating group) is 1. The van der Waals surface area contributed by atoms with E-state index in [1.807, 2.05) is 15.9 Å². The number of methoxy groups -OCH3 is 1. The monoisotopic (exact) mass is 363 g/mol. The summed E-state index contributed by atoms with van der Waals surface area (Å²) >= 11 is 0. The first kappa shape index (κ1) is 18.6. The second kappa shape index (κ2) is 8.03. The molecule has 2 aliphatic heterocycles. The van der Waals surface area contributed by atoms with Crippen LogP contribution in [-0.4, -0.2) is 74.6 Å². The van der Waals surface area contributed by atoms with Gasteiger partial charge in [-0.15, -0.1) is 0 Å². The number of piperazine rings is 1. The molecule has 0 aliphatic carbocycles. The van der Waals surface area contributed by atoms with Gasteiger partial charge < -0.3 is 19.4 Å². The highest BCUT2D eigenvalue weighted by Crippen LogP contribution is 2.27. The molecule has 2 heterocycles. The number of piperidine rings is 1. The van der Waals surface area contributed by atoms with Gasteiger partial charge in [0.25, 0.3) is 0 Å². The number of halogens is 1. The molecule has 1 aromatic rings. The SMILES string of the molecule is COC[C@@H]1[C@H](C(=O)N2CCN(c3ccccc3F)CC2)CCC(=O)N1C. The van der Waals surface area contributed by atoms with Crippen molar-refractivity contribution in [2.75, 3.05) is 51.8 Å². The van der Waals surface area contributed by atoms with E-state index in [4.69, 9.17) is 4.74 Å². The molecule has 0 radical (unpaired) electrons. The molecule has 0 bridgehead atoms. The summed E-state index contributed by atoms with van der Waals surface area (Å²) < 4.78 is 19.2. The predicted molar refractivity (Wildman–Crippen MR) is 96.4 cm³/mol. The number of hydrogen-bond acceptors (Lipinski definition) is 4. The Kier molecular flexibility index (Phi) is 5.76. The molecule has 6 nitrogen and oxygen atoms in total. The van der Waals surface area contributed by atoms with E-state index >= 15 is 0 Å². The first-order valence-corrected chi connectivity index (χ1v) is 9.05. The Balaban J connectivity index is 1.64. The van der Waals surface area contributed by atoms with Crippen molar-refractivity contribution >= 4 is 17.5 Å². The maximum Gasteiger partial charge on any atom is 0.227 e. The molecular formula is C19H26FN3O3. The molecule has 2 fully saturated rings. The quantitative estimate of drug-likeness (QED) is 0.811. The fourth-order valence-corrected chi connectivity index (χ4v) is 3.90. The summed E-state index contributed by atoms with van der Waals surface area (Å²) in [5.74, 6) is -0.349.